The molecule has 0 amide bonds. The summed E-state index contributed by atoms with van der Waals surface area (Å²) in [6.45, 7) is 0. The van der Waals surface area contributed by atoms with Gasteiger partial charge in [0.05, 0.1) is 28.4 Å². The van der Waals surface area contributed by atoms with Gasteiger partial charge in [0.1, 0.15) is 5.78 Å². The number of benzene rings is 1. The number of hydrogen-bond donors (Lipinski definition) is 0. The smallest absolute Gasteiger partial charge is 0.232 e. The Morgan fingerprint density at radius 2 is 1.86 bits per heavy atom. The molecule has 2 rings (SSSR count). The number of anilines is 1. The van der Waals surface area contributed by atoms with Crippen molar-refractivity contribution >= 4 is 50.5 Å². The van der Waals surface area contributed by atoms with Gasteiger partial charge < -0.3 is 0 Å². The third-order valence-electron chi connectivity index (χ3n) is 3.55. The molecule has 1 fully saturated rings. The normalized spacial score (nSPS) is 14.7. The maximum Gasteiger partial charge on any atom is 0.232 e. The van der Waals surface area contributed by atoms with Crippen LogP contribution in [-0.4, -0.2) is 33.3 Å². The van der Waals surface area contributed by atoms with E-state index in [1.54, 1.807) is 0 Å². The summed E-state index contributed by atoms with van der Waals surface area (Å²) in [5.41, 5.74) is 0.0848. The van der Waals surface area contributed by atoms with E-state index in [1.807, 2.05) is 0 Å². The molecular formula is C14H15Cl2NO4S. The lowest BCUT2D eigenvalue weighted by molar-refractivity contribution is -0.119. The van der Waals surface area contributed by atoms with Crippen LogP contribution in [0.5, 0.6) is 0 Å². The number of carbonyl (C=O) groups is 2. The summed E-state index contributed by atoms with van der Waals surface area (Å²) >= 11 is 12.0. The molecule has 0 aromatic heterocycles. The molecule has 1 aromatic carbocycles. The molecule has 0 radical (unpaired) electrons. The molecule has 0 aliphatic heterocycles. The van der Waals surface area contributed by atoms with Crippen molar-refractivity contribution in [2.45, 2.75) is 19.3 Å². The minimum Gasteiger partial charge on any atom is -0.299 e. The van der Waals surface area contributed by atoms with Crippen LogP contribution in [0, 0.1) is 5.92 Å². The zero-order valence-electron chi connectivity index (χ0n) is 12.1. The van der Waals surface area contributed by atoms with Gasteiger partial charge >= 0.3 is 0 Å². The number of Topliss-reactive ketones (excluding diaryl/α,β-unsaturated/α-hetero) is 2. The fourth-order valence-electron chi connectivity index (χ4n) is 2.04. The van der Waals surface area contributed by atoms with Crippen LogP contribution >= 0.6 is 23.2 Å². The average molecular weight is 364 g/mol. The molecule has 5 nitrogen and oxygen atoms in total. The molecule has 1 aliphatic rings. The summed E-state index contributed by atoms with van der Waals surface area (Å²) in [6, 6.07) is 2.81. The van der Waals surface area contributed by atoms with Gasteiger partial charge in [-0.3, -0.25) is 13.9 Å². The van der Waals surface area contributed by atoms with Crippen LogP contribution in [0.1, 0.15) is 29.6 Å². The predicted octanol–water partition coefficient (Wildman–Crippen LogP) is 2.94. The van der Waals surface area contributed by atoms with Gasteiger partial charge in [0.2, 0.25) is 10.0 Å². The van der Waals surface area contributed by atoms with E-state index >= 15 is 0 Å². The van der Waals surface area contributed by atoms with E-state index in [1.165, 1.54) is 19.2 Å². The highest BCUT2D eigenvalue weighted by molar-refractivity contribution is 7.92. The summed E-state index contributed by atoms with van der Waals surface area (Å²) < 4.78 is 24.4. The number of ketones is 2. The lowest BCUT2D eigenvalue weighted by Crippen LogP contribution is -2.27. The third kappa shape index (κ3) is 3.62. The van der Waals surface area contributed by atoms with Gasteiger partial charge in [0.25, 0.3) is 0 Å². The van der Waals surface area contributed by atoms with Crippen molar-refractivity contribution in [1.29, 1.82) is 0 Å². The summed E-state index contributed by atoms with van der Waals surface area (Å²) in [5, 5.41) is 0.108. The zero-order chi connectivity index (χ0) is 16.7. The Labute approximate surface area is 139 Å². The van der Waals surface area contributed by atoms with Crippen molar-refractivity contribution in [3.8, 4) is 0 Å². The number of sulfonamides is 1. The highest BCUT2D eigenvalue weighted by Gasteiger charge is 2.32. The molecule has 0 atom stereocenters. The molecule has 0 heterocycles. The predicted molar refractivity (Wildman–Crippen MR) is 86.4 cm³/mol. The molecule has 8 heteroatoms. The van der Waals surface area contributed by atoms with E-state index in [0.717, 1.165) is 23.4 Å². The Balaban J connectivity index is 2.44. The topological polar surface area (TPSA) is 71.5 Å². The van der Waals surface area contributed by atoms with Crippen molar-refractivity contribution in [3.63, 3.8) is 0 Å². The molecule has 0 N–H and O–H groups in total. The summed E-state index contributed by atoms with van der Waals surface area (Å²) in [6.07, 6.45) is 2.36. The second kappa shape index (κ2) is 6.18. The fourth-order valence-corrected chi connectivity index (χ4v) is 3.06. The lowest BCUT2D eigenvalue weighted by atomic mass is 10.0. The van der Waals surface area contributed by atoms with E-state index in [9.17, 15) is 18.0 Å². The number of rotatable bonds is 6. The molecule has 1 aromatic rings. The summed E-state index contributed by atoms with van der Waals surface area (Å²) in [7, 11) is -2.35. The Kier molecular flexibility index (Phi) is 4.84. The van der Waals surface area contributed by atoms with Crippen LogP contribution in [0.25, 0.3) is 0 Å². The van der Waals surface area contributed by atoms with Crippen molar-refractivity contribution in [2.24, 2.45) is 5.92 Å². The first kappa shape index (κ1) is 17.2. The molecule has 0 unspecified atom stereocenters. The first-order valence-corrected chi connectivity index (χ1v) is 9.21. The Bertz CT molecular complexity index is 741. The maximum atomic E-state index is 12.4. The number of halogens is 2. The number of carbonyl (C=O) groups excluding carboxylic acids is 2. The van der Waals surface area contributed by atoms with Gasteiger partial charge in [-0.05, 0) is 25.0 Å². The third-order valence-corrected chi connectivity index (χ3v) is 5.52. The summed E-state index contributed by atoms with van der Waals surface area (Å²) in [5.74, 6) is -0.618. The first-order chi connectivity index (χ1) is 10.1. The SMILES string of the molecule is CN(c1c(C(=O)CC(=O)C2CC2)ccc(Cl)c1Cl)S(C)(=O)=O. The average Bonchev–Trinajstić information content (AvgIpc) is 3.24. The van der Waals surface area contributed by atoms with E-state index in [-0.39, 0.29) is 39.4 Å². The fraction of sp³-hybridized carbons (Fsp3) is 0.429. The Morgan fingerprint density at radius 3 is 2.36 bits per heavy atom. The second-order valence-electron chi connectivity index (χ2n) is 5.33. The minimum atomic E-state index is -3.63. The van der Waals surface area contributed by atoms with Crippen LogP contribution in [0.2, 0.25) is 10.0 Å². The van der Waals surface area contributed by atoms with Crippen LogP contribution in [0.3, 0.4) is 0 Å². The molecule has 1 saturated carbocycles. The lowest BCUT2D eigenvalue weighted by Gasteiger charge is -2.21. The minimum absolute atomic E-state index is 0.00487. The van der Waals surface area contributed by atoms with E-state index < -0.39 is 15.8 Å². The van der Waals surface area contributed by atoms with Gasteiger partial charge in [0, 0.05) is 18.5 Å². The van der Waals surface area contributed by atoms with E-state index in [2.05, 4.69) is 0 Å². The van der Waals surface area contributed by atoms with E-state index in [0.29, 0.717) is 0 Å². The van der Waals surface area contributed by atoms with Crippen LogP contribution in [0.4, 0.5) is 5.69 Å². The van der Waals surface area contributed by atoms with Crippen molar-refractivity contribution in [2.75, 3.05) is 17.6 Å². The standard InChI is InChI=1S/C14H15Cl2NO4S/c1-17(22(2,20)21)14-9(5-6-10(15)13(14)16)12(19)7-11(18)8-3-4-8/h5-6,8H,3-4,7H2,1-2H3. The monoisotopic (exact) mass is 363 g/mol. The van der Waals surface area contributed by atoms with Gasteiger partial charge in [0.15, 0.2) is 5.78 Å². The largest absolute Gasteiger partial charge is 0.299 e. The summed E-state index contributed by atoms with van der Waals surface area (Å²) in [4.78, 5) is 24.2. The van der Waals surface area contributed by atoms with Crippen LogP contribution in [-0.2, 0) is 14.8 Å². The molecule has 1 aliphatic carbocycles. The first-order valence-electron chi connectivity index (χ1n) is 6.60. The number of hydrogen-bond acceptors (Lipinski definition) is 4. The Hall–Kier alpha value is -1.11. The molecule has 22 heavy (non-hydrogen) atoms. The Morgan fingerprint density at radius 1 is 1.27 bits per heavy atom. The quantitative estimate of drug-likeness (QED) is 0.575. The van der Waals surface area contributed by atoms with Crippen LogP contribution < -0.4 is 4.31 Å². The maximum absolute atomic E-state index is 12.4. The van der Waals surface area contributed by atoms with Crippen molar-refractivity contribution in [1.82, 2.24) is 0 Å². The second-order valence-corrected chi connectivity index (χ2v) is 8.13. The molecule has 120 valence electrons. The highest BCUT2D eigenvalue weighted by atomic mass is 35.5. The van der Waals surface area contributed by atoms with Gasteiger partial charge in [-0.1, -0.05) is 23.2 Å². The van der Waals surface area contributed by atoms with Gasteiger partial charge in [-0.25, -0.2) is 8.42 Å². The van der Waals surface area contributed by atoms with Crippen LogP contribution in [0.15, 0.2) is 12.1 Å². The van der Waals surface area contributed by atoms with Gasteiger partial charge in [-0.15, -0.1) is 0 Å². The van der Waals surface area contributed by atoms with Crippen molar-refractivity contribution < 1.29 is 18.0 Å². The van der Waals surface area contributed by atoms with E-state index in [4.69, 9.17) is 23.2 Å². The molecule has 0 bridgehead atoms. The highest BCUT2D eigenvalue weighted by Crippen LogP contribution is 2.38. The zero-order valence-corrected chi connectivity index (χ0v) is 14.4. The molecular weight excluding hydrogens is 349 g/mol. The number of nitrogens with zero attached hydrogens (tertiary/aromatic N) is 1. The van der Waals surface area contributed by atoms with Gasteiger partial charge in [-0.2, -0.15) is 0 Å². The molecule has 0 saturated heterocycles. The van der Waals surface area contributed by atoms with Crippen molar-refractivity contribution in [3.05, 3.63) is 27.7 Å². The molecule has 0 spiro atoms.